The van der Waals surface area contributed by atoms with Gasteiger partial charge in [-0.1, -0.05) is 31.2 Å². The van der Waals surface area contributed by atoms with Gasteiger partial charge in [0.2, 0.25) is 5.91 Å². The number of nitrogen functional groups attached to an aromatic ring is 1. The summed E-state index contributed by atoms with van der Waals surface area (Å²) in [6.07, 6.45) is 2.86. The number of pyridine rings is 1. The van der Waals surface area contributed by atoms with Gasteiger partial charge in [0.05, 0.1) is 18.3 Å². The molecule has 1 heterocycles. The van der Waals surface area contributed by atoms with E-state index in [9.17, 15) is 4.79 Å². The summed E-state index contributed by atoms with van der Waals surface area (Å²) in [5.74, 6) is -0.0400. The molecule has 0 saturated heterocycles. The van der Waals surface area contributed by atoms with E-state index in [0.29, 0.717) is 12.2 Å². The molecule has 4 heteroatoms. The summed E-state index contributed by atoms with van der Waals surface area (Å²) in [6, 6.07) is 11.8. The molecule has 2 rings (SSSR count). The molecule has 0 fully saturated rings. The van der Waals surface area contributed by atoms with Gasteiger partial charge in [0.15, 0.2) is 0 Å². The van der Waals surface area contributed by atoms with E-state index in [-0.39, 0.29) is 12.3 Å². The smallest absolute Gasteiger partial charge is 0.226 e. The van der Waals surface area contributed by atoms with Crippen molar-refractivity contribution >= 4 is 11.6 Å². The monoisotopic (exact) mass is 269 g/mol. The molecule has 0 bridgehead atoms. The van der Waals surface area contributed by atoms with Crippen molar-refractivity contribution < 1.29 is 4.79 Å². The molecule has 0 spiro atoms. The molecule has 0 saturated carbocycles. The number of carbonyl (C=O) groups is 1. The van der Waals surface area contributed by atoms with Crippen molar-refractivity contribution in [3.05, 3.63) is 59.4 Å². The number of nitrogens with zero attached hydrogens (tertiary/aromatic N) is 1. The van der Waals surface area contributed by atoms with E-state index in [1.165, 1.54) is 5.56 Å². The predicted octanol–water partition coefficient (Wildman–Crippen LogP) is 2.09. The van der Waals surface area contributed by atoms with Gasteiger partial charge in [-0.3, -0.25) is 9.78 Å². The first-order valence-corrected chi connectivity index (χ1v) is 6.72. The zero-order valence-electron chi connectivity index (χ0n) is 11.6. The molecule has 0 unspecified atom stereocenters. The average Bonchev–Trinajstić information content (AvgIpc) is 2.48. The molecule has 104 valence electrons. The fourth-order valence-corrected chi connectivity index (χ4v) is 1.86. The summed E-state index contributed by atoms with van der Waals surface area (Å²) in [6.45, 7) is 2.66. The van der Waals surface area contributed by atoms with Gasteiger partial charge in [0.1, 0.15) is 0 Å². The van der Waals surface area contributed by atoms with Crippen molar-refractivity contribution in [3.8, 4) is 0 Å². The summed E-state index contributed by atoms with van der Waals surface area (Å²) in [7, 11) is 0. The Morgan fingerprint density at radius 2 is 1.85 bits per heavy atom. The van der Waals surface area contributed by atoms with E-state index >= 15 is 0 Å². The maximum absolute atomic E-state index is 11.8. The predicted molar refractivity (Wildman–Crippen MR) is 80.0 cm³/mol. The fourth-order valence-electron chi connectivity index (χ4n) is 1.86. The number of carbonyl (C=O) groups excluding carboxylic acids is 1. The molecule has 0 radical (unpaired) electrons. The van der Waals surface area contributed by atoms with E-state index in [0.717, 1.165) is 17.7 Å². The highest BCUT2D eigenvalue weighted by Crippen LogP contribution is 2.05. The lowest BCUT2D eigenvalue weighted by molar-refractivity contribution is -0.120. The summed E-state index contributed by atoms with van der Waals surface area (Å²) >= 11 is 0. The van der Waals surface area contributed by atoms with Crippen molar-refractivity contribution in [1.29, 1.82) is 0 Å². The number of hydrogen-bond acceptors (Lipinski definition) is 3. The first kappa shape index (κ1) is 14.1. The first-order valence-electron chi connectivity index (χ1n) is 6.72. The van der Waals surface area contributed by atoms with Gasteiger partial charge in [-0.15, -0.1) is 0 Å². The van der Waals surface area contributed by atoms with Crippen LogP contribution in [-0.4, -0.2) is 10.9 Å². The summed E-state index contributed by atoms with van der Waals surface area (Å²) in [4.78, 5) is 15.9. The number of rotatable bonds is 5. The molecule has 0 atom stereocenters. The third-order valence-electron chi connectivity index (χ3n) is 3.11. The second kappa shape index (κ2) is 6.70. The van der Waals surface area contributed by atoms with Crippen LogP contribution in [-0.2, 0) is 24.2 Å². The fraction of sp³-hybridized carbons (Fsp3) is 0.250. The van der Waals surface area contributed by atoms with Crippen molar-refractivity contribution in [1.82, 2.24) is 10.3 Å². The van der Waals surface area contributed by atoms with Gasteiger partial charge in [-0.25, -0.2) is 0 Å². The van der Waals surface area contributed by atoms with E-state index in [1.54, 1.807) is 18.3 Å². The van der Waals surface area contributed by atoms with Gasteiger partial charge >= 0.3 is 0 Å². The van der Waals surface area contributed by atoms with Crippen molar-refractivity contribution in [3.63, 3.8) is 0 Å². The van der Waals surface area contributed by atoms with E-state index < -0.39 is 0 Å². The molecular formula is C16H19N3O. The minimum Gasteiger partial charge on any atom is -0.397 e. The number of benzene rings is 1. The molecular weight excluding hydrogens is 250 g/mol. The standard InChI is InChI=1S/C16H19N3O/c1-2-12-3-5-13(6-4-12)10-19-16(20)9-15-8-7-14(17)11-18-15/h3-8,11H,2,9-10,17H2,1H3,(H,19,20). The van der Waals surface area contributed by atoms with Crippen LogP contribution in [0.2, 0.25) is 0 Å². The Balaban J connectivity index is 1.83. The van der Waals surface area contributed by atoms with Crippen LogP contribution in [0.25, 0.3) is 0 Å². The average molecular weight is 269 g/mol. The molecule has 20 heavy (non-hydrogen) atoms. The number of nitrogens with one attached hydrogen (secondary N) is 1. The zero-order chi connectivity index (χ0) is 14.4. The second-order valence-electron chi connectivity index (χ2n) is 4.71. The number of anilines is 1. The quantitative estimate of drug-likeness (QED) is 0.873. The third kappa shape index (κ3) is 4.09. The Hall–Kier alpha value is -2.36. The second-order valence-corrected chi connectivity index (χ2v) is 4.71. The number of hydrogen-bond donors (Lipinski definition) is 2. The summed E-state index contributed by atoms with van der Waals surface area (Å²) < 4.78 is 0. The highest BCUT2D eigenvalue weighted by atomic mass is 16.1. The van der Waals surface area contributed by atoms with Crippen molar-refractivity contribution in [2.75, 3.05) is 5.73 Å². The van der Waals surface area contributed by atoms with E-state index in [2.05, 4.69) is 29.4 Å². The lowest BCUT2D eigenvalue weighted by Gasteiger charge is -2.06. The Morgan fingerprint density at radius 3 is 2.45 bits per heavy atom. The summed E-state index contributed by atoms with van der Waals surface area (Å²) in [5, 5.41) is 2.89. The highest BCUT2D eigenvalue weighted by molar-refractivity contribution is 5.78. The van der Waals surface area contributed by atoms with Gasteiger partial charge < -0.3 is 11.1 Å². The summed E-state index contributed by atoms with van der Waals surface area (Å²) in [5.41, 5.74) is 9.27. The largest absolute Gasteiger partial charge is 0.397 e. The Bertz CT molecular complexity index is 561. The minimum atomic E-state index is -0.0400. The Morgan fingerprint density at radius 1 is 1.15 bits per heavy atom. The highest BCUT2D eigenvalue weighted by Gasteiger charge is 2.04. The maximum atomic E-state index is 11.8. The molecule has 1 aromatic heterocycles. The molecule has 1 aromatic carbocycles. The van der Waals surface area contributed by atoms with Crippen LogP contribution in [0.4, 0.5) is 5.69 Å². The molecule has 0 aliphatic heterocycles. The van der Waals surface area contributed by atoms with E-state index in [1.807, 2.05) is 12.1 Å². The molecule has 0 aliphatic rings. The van der Waals surface area contributed by atoms with Crippen molar-refractivity contribution in [2.24, 2.45) is 0 Å². The van der Waals surface area contributed by atoms with Crippen LogP contribution in [0.15, 0.2) is 42.6 Å². The SMILES string of the molecule is CCc1ccc(CNC(=O)Cc2ccc(N)cn2)cc1. The van der Waals surface area contributed by atoms with E-state index in [4.69, 9.17) is 5.73 Å². The first-order chi connectivity index (χ1) is 9.67. The topological polar surface area (TPSA) is 68.0 Å². The van der Waals surface area contributed by atoms with Crippen LogP contribution in [0.1, 0.15) is 23.7 Å². The Labute approximate surface area is 119 Å². The zero-order valence-corrected chi connectivity index (χ0v) is 11.6. The number of aryl methyl sites for hydroxylation is 1. The third-order valence-corrected chi connectivity index (χ3v) is 3.11. The normalized spacial score (nSPS) is 10.2. The van der Waals surface area contributed by atoms with Crippen LogP contribution < -0.4 is 11.1 Å². The molecule has 2 aromatic rings. The van der Waals surface area contributed by atoms with Gasteiger partial charge in [-0.2, -0.15) is 0 Å². The van der Waals surface area contributed by atoms with Crippen LogP contribution >= 0.6 is 0 Å². The molecule has 4 nitrogen and oxygen atoms in total. The molecule has 3 N–H and O–H groups in total. The minimum absolute atomic E-state index is 0.0400. The molecule has 1 amide bonds. The Kier molecular flexibility index (Phi) is 4.71. The maximum Gasteiger partial charge on any atom is 0.226 e. The lowest BCUT2D eigenvalue weighted by atomic mass is 10.1. The lowest BCUT2D eigenvalue weighted by Crippen LogP contribution is -2.24. The number of amides is 1. The molecule has 0 aliphatic carbocycles. The van der Waals surface area contributed by atoms with Gasteiger partial charge in [-0.05, 0) is 29.7 Å². The van der Waals surface area contributed by atoms with Gasteiger partial charge in [0.25, 0.3) is 0 Å². The van der Waals surface area contributed by atoms with Crippen molar-refractivity contribution in [2.45, 2.75) is 26.3 Å². The van der Waals surface area contributed by atoms with Crippen LogP contribution in [0, 0.1) is 0 Å². The number of aromatic nitrogens is 1. The number of nitrogens with two attached hydrogens (primary N) is 1. The van der Waals surface area contributed by atoms with Crippen LogP contribution in [0.5, 0.6) is 0 Å². The van der Waals surface area contributed by atoms with Crippen LogP contribution in [0.3, 0.4) is 0 Å². The van der Waals surface area contributed by atoms with Gasteiger partial charge in [0, 0.05) is 12.2 Å².